The number of piperidine rings is 1. The Morgan fingerprint density at radius 2 is 2.00 bits per heavy atom. The quantitative estimate of drug-likeness (QED) is 0.624. The monoisotopic (exact) mass is 391 g/mol. The molecule has 9 heteroatoms. The van der Waals surface area contributed by atoms with Crippen LogP contribution in [0.5, 0.6) is 0 Å². The first-order chi connectivity index (χ1) is 10.2. The van der Waals surface area contributed by atoms with Crippen LogP contribution in [-0.2, 0) is 10.0 Å². The number of benzene rings is 1. The zero-order chi connectivity index (χ0) is 16.5. The smallest absolute Gasteiger partial charge is 0.290 e. The molecular formula is C13H18BrN3O4S. The molecule has 7 nitrogen and oxygen atoms in total. The Hall–Kier alpha value is -1.03. The van der Waals surface area contributed by atoms with Gasteiger partial charge in [-0.3, -0.25) is 10.1 Å². The summed E-state index contributed by atoms with van der Waals surface area (Å²) in [4.78, 5) is 10.2. The summed E-state index contributed by atoms with van der Waals surface area (Å²) < 4.78 is 27.1. The number of hydrogen-bond acceptors (Lipinski definition) is 5. The summed E-state index contributed by atoms with van der Waals surface area (Å²) in [6.45, 7) is 2.58. The van der Waals surface area contributed by atoms with E-state index in [0.717, 1.165) is 0 Å². The van der Waals surface area contributed by atoms with Gasteiger partial charge < -0.3 is 5.73 Å². The van der Waals surface area contributed by atoms with Gasteiger partial charge >= 0.3 is 0 Å². The number of nitro benzene ring substituents is 1. The van der Waals surface area contributed by atoms with E-state index in [0.29, 0.717) is 30.4 Å². The maximum Gasteiger partial charge on any atom is 0.290 e. The molecule has 1 heterocycles. The second-order valence-electron chi connectivity index (χ2n) is 5.47. The number of halogens is 1. The number of sulfonamides is 1. The zero-order valence-electron chi connectivity index (χ0n) is 12.1. The molecule has 1 aromatic carbocycles. The van der Waals surface area contributed by atoms with Crippen LogP contribution in [0, 0.1) is 16.0 Å². The molecule has 1 saturated heterocycles. The standard InChI is InChI=1S/C13H18BrN3O4S/c1-9(15)10-4-6-16(7-5-10)22(20,21)13-3-2-11(14)8-12(13)17(18)19/h2-3,8-10H,4-7,15H2,1H3. The highest BCUT2D eigenvalue weighted by molar-refractivity contribution is 9.10. The molecular weight excluding hydrogens is 374 g/mol. The van der Waals surface area contributed by atoms with Gasteiger partial charge in [-0.15, -0.1) is 0 Å². The summed E-state index contributed by atoms with van der Waals surface area (Å²) in [5, 5.41) is 11.1. The Kier molecular flexibility index (Phi) is 5.21. The molecule has 1 unspecified atom stereocenters. The summed E-state index contributed by atoms with van der Waals surface area (Å²) >= 11 is 3.12. The van der Waals surface area contributed by atoms with Crippen LogP contribution >= 0.6 is 15.9 Å². The summed E-state index contributed by atoms with van der Waals surface area (Å²) in [6.07, 6.45) is 1.34. The molecule has 1 aromatic rings. The van der Waals surface area contributed by atoms with Gasteiger partial charge in [0.2, 0.25) is 10.0 Å². The van der Waals surface area contributed by atoms with Crippen molar-refractivity contribution in [1.29, 1.82) is 0 Å². The average Bonchev–Trinajstić information content (AvgIpc) is 2.46. The molecule has 1 aliphatic rings. The summed E-state index contributed by atoms with van der Waals surface area (Å²) in [5.41, 5.74) is 5.44. The Morgan fingerprint density at radius 1 is 1.41 bits per heavy atom. The van der Waals surface area contributed by atoms with Crippen molar-refractivity contribution in [1.82, 2.24) is 4.31 Å². The molecule has 0 spiro atoms. The molecule has 122 valence electrons. The minimum atomic E-state index is -3.87. The van der Waals surface area contributed by atoms with Crippen LogP contribution in [-0.4, -0.2) is 36.8 Å². The fourth-order valence-electron chi connectivity index (χ4n) is 2.63. The molecule has 1 fully saturated rings. The Balaban J connectivity index is 2.31. The second kappa shape index (κ2) is 6.61. The number of nitrogens with two attached hydrogens (primary N) is 1. The third-order valence-corrected chi connectivity index (χ3v) is 6.42. The van der Waals surface area contributed by atoms with Crippen LogP contribution in [0.4, 0.5) is 5.69 Å². The van der Waals surface area contributed by atoms with Gasteiger partial charge in [0.1, 0.15) is 0 Å². The SMILES string of the molecule is CC(N)C1CCN(S(=O)(=O)c2ccc(Br)cc2[N+](=O)[O-])CC1. The fraction of sp³-hybridized carbons (Fsp3) is 0.538. The summed E-state index contributed by atoms with van der Waals surface area (Å²) in [6, 6.07) is 4.00. The summed E-state index contributed by atoms with van der Waals surface area (Å²) in [7, 11) is -3.87. The van der Waals surface area contributed by atoms with E-state index in [4.69, 9.17) is 5.73 Å². The van der Waals surface area contributed by atoms with Crippen LogP contribution in [0.1, 0.15) is 19.8 Å². The van der Waals surface area contributed by atoms with Crippen molar-refractivity contribution >= 4 is 31.6 Å². The molecule has 2 N–H and O–H groups in total. The predicted molar refractivity (Wildman–Crippen MR) is 85.9 cm³/mol. The third kappa shape index (κ3) is 3.48. The van der Waals surface area contributed by atoms with Crippen molar-refractivity contribution in [2.45, 2.75) is 30.7 Å². The molecule has 0 saturated carbocycles. The molecule has 0 aromatic heterocycles. The van der Waals surface area contributed by atoms with Crippen LogP contribution in [0.3, 0.4) is 0 Å². The Morgan fingerprint density at radius 3 is 2.50 bits per heavy atom. The normalized spacial score (nSPS) is 19.0. The van der Waals surface area contributed by atoms with Gasteiger partial charge in [-0.1, -0.05) is 15.9 Å². The van der Waals surface area contributed by atoms with Gasteiger partial charge in [-0.05, 0) is 37.8 Å². The number of hydrogen-bond donors (Lipinski definition) is 1. The van der Waals surface area contributed by atoms with Gasteiger partial charge in [0.05, 0.1) is 4.92 Å². The van der Waals surface area contributed by atoms with E-state index in [9.17, 15) is 18.5 Å². The number of nitro groups is 1. The predicted octanol–water partition coefficient (Wildman–Crippen LogP) is 2.11. The van der Waals surface area contributed by atoms with Gasteiger partial charge in [0, 0.05) is 29.7 Å². The van der Waals surface area contributed by atoms with E-state index in [1.807, 2.05) is 6.92 Å². The molecule has 1 aliphatic heterocycles. The van der Waals surface area contributed by atoms with E-state index in [1.165, 1.54) is 22.5 Å². The summed E-state index contributed by atoms with van der Waals surface area (Å²) in [5.74, 6) is 0.284. The van der Waals surface area contributed by atoms with Crippen LogP contribution < -0.4 is 5.73 Å². The lowest BCUT2D eigenvalue weighted by molar-refractivity contribution is -0.387. The first-order valence-electron chi connectivity index (χ1n) is 6.93. The van der Waals surface area contributed by atoms with Gasteiger partial charge in [0.15, 0.2) is 4.90 Å². The van der Waals surface area contributed by atoms with E-state index >= 15 is 0 Å². The zero-order valence-corrected chi connectivity index (χ0v) is 14.5. The van der Waals surface area contributed by atoms with Crippen LogP contribution in [0.2, 0.25) is 0 Å². The molecule has 2 rings (SSSR count). The number of rotatable bonds is 4. The Bertz CT molecular complexity index is 670. The van der Waals surface area contributed by atoms with Gasteiger partial charge in [-0.25, -0.2) is 8.42 Å². The topological polar surface area (TPSA) is 107 Å². The molecule has 1 atom stereocenters. The second-order valence-corrected chi connectivity index (χ2v) is 8.29. The number of nitrogens with zero attached hydrogens (tertiary/aromatic N) is 2. The molecule has 0 bridgehead atoms. The lowest BCUT2D eigenvalue weighted by Crippen LogP contribution is -2.42. The van der Waals surface area contributed by atoms with Crippen molar-refractivity contribution in [2.75, 3.05) is 13.1 Å². The van der Waals surface area contributed by atoms with Crippen LogP contribution in [0.15, 0.2) is 27.6 Å². The molecule has 0 amide bonds. The van der Waals surface area contributed by atoms with Gasteiger partial charge in [0.25, 0.3) is 5.69 Å². The highest BCUT2D eigenvalue weighted by atomic mass is 79.9. The lowest BCUT2D eigenvalue weighted by Gasteiger charge is -2.32. The molecule has 22 heavy (non-hydrogen) atoms. The first-order valence-corrected chi connectivity index (χ1v) is 9.16. The van der Waals surface area contributed by atoms with E-state index in [2.05, 4.69) is 15.9 Å². The van der Waals surface area contributed by atoms with Crippen LogP contribution in [0.25, 0.3) is 0 Å². The van der Waals surface area contributed by atoms with Crippen molar-refractivity contribution in [3.05, 3.63) is 32.8 Å². The minimum absolute atomic E-state index is 0.0203. The molecule has 0 aliphatic carbocycles. The van der Waals surface area contributed by atoms with Crippen molar-refractivity contribution < 1.29 is 13.3 Å². The van der Waals surface area contributed by atoms with E-state index < -0.39 is 20.6 Å². The maximum atomic E-state index is 12.7. The van der Waals surface area contributed by atoms with Crippen molar-refractivity contribution in [3.63, 3.8) is 0 Å². The maximum absolute atomic E-state index is 12.7. The van der Waals surface area contributed by atoms with Gasteiger partial charge in [-0.2, -0.15) is 4.31 Å². The lowest BCUT2D eigenvalue weighted by atomic mass is 9.92. The van der Waals surface area contributed by atoms with E-state index in [1.54, 1.807) is 0 Å². The fourth-order valence-corrected chi connectivity index (χ4v) is 4.59. The van der Waals surface area contributed by atoms with Crippen molar-refractivity contribution in [3.8, 4) is 0 Å². The molecule has 0 radical (unpaired) electrons. The Labute approximate surface area is 137 Å². The average molecular weight is 392 g/mol. The minimum Gasteiger partial charge on any atom is -0.328 e. The third-order valence-electron chi connectivity index (χ3n) is 3.98. The van der Waals surface area contributed by atoms with Crippen molar-refractivity contribution in [2.24, 2.45) is 11.7 Å². The highest BCUT2D eigenvalue weighted by Gasteiger charge is 2.34. The van der Waals surface area contributed by atoms with E-state index in [-0.39, 0.29) is 16.9 Å². The highest BCUT2D eigenvalue weighted by Crippen LogP contribution is 2.32. The largest absolute Gasteiger partial charge is 0.328 e. The first kappa shape index (κ1) is 17.3.